The van der Waals surface area contributed by atoms with Crippen molar-refractivity contribution in [3.05, 3.63) is 0 Å². The summed E-state index contributed by atoms with van der Waals surface area (Å²) in [5, 5.41) is 3.37. The van der Waals surface area contributed by atoms with Crippen molar-refractivity contribution in [1.29, 1.82) is 0 Å². The maximum atomic E-state index is 5.20. The molecule has 0 aromatic rings. The number of hydrogen-bond acceptors (Lipinski definition) is 2. The van der Waals surface area contributed by atoms with Gasteiger partial charge in [0, 0.05) is 12.1 Å². The normalized spacial score (nSPS) is 20.5. The second kappa shape index (κ2) is 5.26. The molecule has 0 aliphatic carbocycles. The fourth-order valence-corrected chi connectivity index (χ4v) is 1.82. The molecule has 0 saturated carbocycles. The Kier molecular flexibility index (Phi) is 4.27. The average Bonchev–Trinajstić information content (AvgIpc) is 2.15. The van der Waals surface area contributed by atoms with Crippen LogP contribution in [0.2, 0.25) is 0 Å². The Morgan fingerprint density at radius 3 is 2.54 bits per heavy atom. The summed E-state index contributed by atoms with van der Waals surface area (Å²) in [4.78, 5) is 2.52. The van der Waals surface area contributed by atoms with E-state index < -0.39 is 0 Å². The molecule has 1 rings (SSSR count). The molecule has 1 fully saturated rings. The van der Waals surface area contributed by atoms with E-state index in [0.29, 0.717) is 18.6 Å². The second-order valence-electron chi connectivity index (χ2n) is 3.99. The molecule has 0 aromatic heterocycles. The van der Waals surface area contributed by atoms with Gasteiger partial charge in [0.1, 0.15) is 0 Å². The molecule has 0 aromatic carbocycles. The predicted octanol–water partition coefficient (Wildman–Crippen LogP) is 1.08. The Morgan fingerprint density at radius 2 is 2.08 bits per heavy atom. The van der Waals surface area contributed by atoms with E-state index in [-0.39, 0.29) is 0 Å². The van der Waals surface area contributed by atoms with Crippen molar-refractivity contribution in [1.82, 2.24) is 10.2 Å². The number of likely N-dealkylation sites (tertiary alicyclic amines) is 1. The van der Waals surface area contributed by atoms with Crippen molar-refractivity contribution in [2.75, 3.05) is 19.6 Å². The molecule has 74 valence electrons. The summed E-state index contributed by atoms with van der Waals surface area (Å²) < 4.78 is 0. The minimum atomic E-state index is 0.644. The molecule has 0 unspecified atom stereocenters. The zero-order valence-electron chi connectivity index (χ0n) is 8.71. The SMILES string of the molecule is C#CCNC1CCN(C(C)C)CC1. The van der Waals surface area contributed by atoms with Crippen molar-refractivity contribution in [3.8, 4) is 12.3 Å². The van der Waals surface area contributed by atoms with Crippen LogP contribution in [0.4, 0.5) is 0 Å². The first-order valence-electron chi connectivity index (χ1n) is 5.15. The van der Waals surface area contributed by atoms with Crippen molar-refractivity contribution in [3.63, 3.8) is 0 Å². The van der Waals surface area contributed by atoms with Gasteiger partial charge in [0.15, 0.2) is 0 Å². The maximum Gasteiger partial charge on any atom is 0.0575 e. The maximum absolute atomic E-state index is 5.20. The van der Waals surface area contributed by atoms with Crippen molar-refractivity contribution < 1.29 is 0 Å². The number of rotatable bonds is 3. The van der Waals surface area contributed by atoms with Gasteiger partial charge in [0.05, 0.1) is 6.54 Å². The lowest BCUT2D eigenvalue weighted by atomic mass is 10.0. The molecule has 2 nitrogen and oxygen atoms in total. The highest BCUT2D eigenvalue weighted by atomic mass is 15.2. The highest BCUT2D eigenvalue weighted by Gasteiger charge is 2.19. The van der Waals surface area contributed by atoms with Crippen LogP contribution >= 0.6 is 0 Å². The molecule has 13 heavy (non-hydrogen) atoms. The van der Waals surface area contributed by atoms with Crippen molar-refractivity contribution in [2.24, 2.45) is 0 Å². The Labute approximate surface area is 81.7 Å². The number of terminal acetylenes is 1. The van der Waals surface area contributed by atoms with Crippen LogP contribution in [0.15, 0.2) is 0 Å². The monoisotopic (exact) mass is 180 g/mol. The molecule has 1 heterocycles. The molecular weight excluding hydrogens is 160 g/mol. The van der Waals surface area contributed by atoms with E-state index >= 15 is 0 Å². The largest absolute Gasteiger partial charge is 0.303 e. The predicted molar refractivity (Wildman–Crippen MR) is 56.6 cm³/mol. The fraction of sp³-hybridized carbons (Fsp3) is 0.818. The fourth-order valence-electron chi connectivity index (χ4n) is 1.82. The lowest BCUT2D eigenvalue weighted by Crippen LogP contribution is -2.45. The second-order valence-corrected chi connectivity index (χ2v) is 3.99. The smallest absolute Gasteiger partial charge is 0.0575 e. The van der Waals surface area contributed by atoms with Crippen LogP contribution in [0.5, 0.6) is 0 Å². The lowest BCUT2D eigenvalue weighted by molar-refractivity contribution is 0.163. The van der Waals surface area contributed by atoms with Crippen LogP contribution in [0.25, 0.3) is 0 Å². The Hall–Kier alpha value is -0.520. The third-order valence-corrected chi connectivity index (χ3v) is 2.75. The van der Waals surface area contributed by atoms with Gasteiger partial charge in [-0.1, -0.05) is 5.92 Å². The highest BCUT2D eigenvalue weighted by molar-refractivity contribution is 4.89. The van der Waals surface area contributed by atoms with Gasteiger partial charge in [-0.2, -0.15) is 0 Å². The van der Waals surface area contributed by atoms with Crippen LogP contribution in [0, 0.1) is 12.3 Å². The minimum Gasteiger partial charge on any atom is -0.303 e. The molecular formula is C11H20N2. The van der Waals surface area contributed by atoms with E-state index in [1.165, 1.54) is 25.9 Å². The van der Waals surface area contributed by atoms with Gasteiger partial charge in [-0.15, -0.1) is 6.42 Å². The van der Waals surface area contributed by atoms with Gasteiger partial charge in [-0.05, 0) is 39.8 Å². The first-order valence-corrected chi connectivity index (χ1v) is 5.15. The summed E-state index contributed by atoms with van der Waals surface area (Å²) in [5.41, 5.74) is 0. The summed E-state index contributed by atoms with van der Waals surface area (Å²) >= 11 is 0. The first-order chi connectivity index (χ1) is 6.24. The minimum absolute atomic E-state index is 0.644. The zero-order chi connectivity index (χ0) is 9.68. The summed E-state index contributed by atoms with van der Waals surface area (Å²) in [6, 6.07) is 1.33. The van der Waals surface area contributed by atoms with Crippen LogP contribution in [-0.4, -0.2) is 36.6 Å². The number of nitrogens with one attached hydrogen (secondary N) is 1. The van der Waals surface area contributed by atoms with Crippen LogP contribution in [-0.2, 0) is 0 Å². The Bertz CT molecular complexity index is 173. The molecule has 0 amide bonds. The van der Waals surface area contributed by atoms with Gasteiger partial charge < -0.3 is 10.2 Å². The van der Waals surface area contributed by atoms with Crippen LogP contribution in [0.1, 0.15) is 26.7 Å². The van der Waals surface area contributed by atoms with E-state index in [0.717, 1.165) is 0 Å². The molecule has 1 aliphatic heterocycles. The van der Waals surface area contributed by atoms with E-state index in [4.69, 9.17) is 6.42 Å². The summed E-state index contributed by atoms with van der Waals surface area (Å²) in [6.07, 6.45) is 7.67. The summed E-state index contributed by atoms with van der Waals surface area (Å²) in [6.45, 7) is 7.65. The average molecular weight is 180 g/mol. The molecule has 1 aliphatic rings. The van der Waals surface area contributed by atoms with Gasteiger partial charge in [0.25, 0.3) is 0 Å². The van der Waals surface area contributed by atoms with E-state index in [2.05, 4.69) is 30.0 Å². The van der Waals surface area contributed by atoms with Gasteiger partial charge in [0.2, 0.25) is 0 Å². The third-order valence-electron chi connectivity index (χ3n) is 2.75. The molecule has 2 heteroatoms. The van der Waals surface area contributed by atoms with Gasteiger partial charge in [-0.25, -0.2) is 0 Å². The third kappa shape index (κ3) is 3.38. The molecule has 1 N–H and O–H groups in total. The quantitative estimate of drug-likeness (QED) is 0.654. The topological polar surface area (TPSA) is 15.3 Å². The van der Waals surface area contributed by atoms with Gasteiger partial charge in [-0.3, -0.25) is 0 Å². The standard InChI is InChI=1S/C11H20N2/c1-4-7-12-11-5-8-13(9-6-11)10(2)3/h1,10-12H,5-9H2,2-3H3. The van der Waals surface area contributed by atoms with E-state index in [9.17, 15) is 0 Å². The summed E-state index contributed by atoms with van der Waals surface area (Å²) in [5.74, 6) is 2.62. The Balaban J connectivity index is 2.19. The number of nitrogens with zero attached hydrogens (tertiary/aromatic N) is 1. The first kappa shape index (κ1) is 10.6. The molecule has 0 bridgehead atoms. The highest BCUT2D eigenvalue weighted by Crippen LogP contribution is 2.12. The number of hydrogen-bond donors (Lipinski definition) is 1. The van der Waals surface area contributed by atoms with Crippen molar-refractivity contribution in [2.45, 2.75) is 38.8 Å². The van der Waals surface area contributed by atoms with Crippen LogP contribution in [0.3, 0.4) is 0 Å². The zero-order valence-corrected chi connectivity index (χ0v) is 8.71. The molecule has 1 saturated heterocycles. The van der Waals surface area contributed by atoms with Crippen LogP contribution < -0.4 is 5.32 Å². The molecule has 0 radical (unpaired) electrons. The van der Waals surface area contributed by atoms with E-state index in [1.807, 2.05) is 0 Å². The molecule has 0 spiro atoms. The summed E-state index contributed by atoms with van der Waals surface area (Å²) in [7, 11) is 0. The van der Waals surface area contributed by atoms with Gasteiger partial charge >= 0.3 is 0 Å². The van der Waals surface area contributed by atoms with E-state index in [1.54, 1.807) is 0 Å². The lowest BCUT2D eigenvalue weighted by Gasteiger charge is -2.34. The Morgan fingerprint density at radius 1 is 1.46 bits per heavy atom. The number of piperidine rings is 1. The van der Waals surface area contributed by atoms with Crippen molar-refractivity contribution >= 4 is 0 Å². The molecule has 0 atom stereocenters.